The second-order valence-electron chi connectivity index (χ2n) is 5.71. The summed E-state index contributed by atoms with van der Waals surface area (Å²) in [5, 5.41) is 4.54. The average molecular weight is 266 g/mol. The molecular weight excluding hydrogens is 240 g/mol. The first-order chi connectivity index (χ1) is 8.99. The van der Waals surface area contributed by atoms with Crippen molar-refractivity contribution in [1.29, 1.82) is 0 Å². The highest BCUT2D eigenvalue weighted by atomic mass is 16.5. The molecule has 1 aromatic heterocycles. The average Bonchev–Trinajstić information content (AvgIpc) is 2.88. The van der Waals surface area contributed by atoms with Crippen molar-refractivity contribution >= 4 is 5.82 Å². The van der Waals surface area contributed by atoms with E-state index in [2.05, 4.69) is 24.0 Å². The lowest BCUT2D eigenvalue weighted by Crippen LogP contribution is -2.31. The number of aromatic nitrogens is 2. The summed E-state index contributed by atoms with van der Waals surface area (Å²) in [5.74, 6) is 1.17. The summed E-state index contributed by atoms with van der Waals surface area (Å²) in [7, 11) is 4.11. The lowest BCUT2D eigenvalue weighted by molar-refractivity contribution is 0.116. The zero-order valence-corrected chi connectivity index (χ0v) is 12.5. The smallest absolute Gasteiger partial charge is 0.129 e. The van der Waals surface area contributed by atoms with Gasteiger partial charge in [-0.05, 0) is 33.1 Å². The maximum Gasteiger partial charge on any atom is 0.129 e. The van der Waals surface area contributed by atoms with Crippen molar-refractivity contribution in [3.63, 3.8) is 0 Å². The Hall–Kier alpha value is -1.07. The number of rotatable bonds is 5. The number of likely N-dealkylation sites (N-methyl/N-ethyl adjacent to an activating group) is 1. The van der Waals surface area contributed by atoms with Gasteiger partial charge in [0.2, 0.25) is 0 Å². The molecule has 2 unspecified atom stereocenters. The SMILES string of the molecule is Cc1nn(C)c(N(C)CC2CCCO2)c1CC(C)N. The molecule has 0 saturated carbocycles. The Morgan fingerprint density at radius 1 is 1.58 bits per heavy atom. The van der Waals surface area contributed by atoms with E-state index in [9.17, 15) is 0 Å². The number of hydrogen-bond donors (Lipinski definition) is 1. The van der Waals surface area contributed by atoms with Crippen LogP contribution < -0.4 is 10.6 Å². The zero-order valence-electron chi connectivity index (χ0n) is 12.5. The summed E-state index contributed by atoms with van der Waals surface area (Å²) in [5.41, 5.74) is 8.29. The maximum absolute atomic E-state index is 5.95. The molecule has 1 aromatic rings. The Bertz CT molecular complexity index is 421. The fourth-order valence-corrected chi connectivity index (χ4v) is 2.91. The molecule has 2 rings (SSSR count). The molecule has 2 atom stereocenters. The minimum atomic E-state index is 0.151. The largest absolute Gasteiger partial charge is 0.376 e. The monoisotopic (exact) mass is 266 g/mol. The van der Waals surface area contributed by atoms with Crippen molar-refractivity contribution in [1.82, 2.24) is 9.78 Å². The Morgan fingerprint density at radius 3 is 2.89 bits per heavy atom. The van der Waals surface area contributed by atoms with Gasteiger partial charge >= 0.3 is 0 Å². The maximum atomic E-state index is 5.95. The second kappa shape index (κ2) is 5.92. The topological polar surface area (TPSA) is 56.3 Å². The van der Waals surface area contributed by atoms with Crippen LogP contribution in [0.15, 0.2) is 0 Å². The molecular formula is C14H26N4O. The highest BCUT2D eigenvalue weighted by molar-refractivity contribution is 5.50. The van der Waals surface area contributed by atoms with E-state index in [0.29, 0.717) is 6.10 Å². The van der Waals surface area contributed by atoms with Crippen LogP contribution in [0.5, 0.6) is 0 Å². The van der Waals surface area contributed by atoms with Gasteiger partial charge in [0.1, 0.15) is 5.82 Å². The van der Waals surface area contributed by atoms with Crippen LogP contribution >= 0.6 is 0 Å². The Balaban J connectivity index is 2.16. The molecule has 0 radical (unpaired) electrons. The number of anilines is 1. The van der Waals surface area contributed by atoms with Crippen LogP contribution in [0.2, 0.25) is 0 Å². The molecule has 1 fully saturated rings. The number of nitrogens with zero attached hydrogens (tertiary/aromatic N) is 3. The number of hydrogen-bond acceptors (Lipinski definition) is 4. The van der Waals surface area contributed by atoms with E-state index in [1.807, 2.05) is 18.7 Å². The third kappa shape index (κ3) is 3.28. The standard InChI is InChI=1S/C14H26N4O/c1-10(15)8-13-11(2)16-18(4)14(13)17(3)9-12-6-5-7-19-12/h10,12H,5-9,15H2,1-4H3. The summed E-state index contributed by atoms with van der Waals surface area (Å²) in [6.45, 7) is 5.91. The van der Waals surface area contributed by atoms with E-state index < -0.39 is 0 Å². The summed E-state index contributed by atoms with van der Waals surface area (Å²) in [4.78, 5) is 2.26. The predicted octanol–water partition coefficient (Wildman–Crippen LogP) is 1.23. The number of nitrogens with two attached hydrogens (primary N) is 1. The molecule has 108 valence electrons. The molecule has 2 N–H and O–H groups in total. The van der Waals surface area contributed by atoms with Crippen molar-refractivity contribution in [3.8, 4) is 0 Å². The van der Waals surface area contributed by atoms with Gasteiger partial charge in [0.05, 0.1) is 11.8 Å². The third-order valence-corrected chi connectivity index (χ3v) is 3.70. The van der Waals surface area contributed by atoms with Gasteiger partial charge in [-0.15, -0.1) is 0 Å². The van der Waals surface area contributed by atoms with Crippen LogP contribution in [0.1, 0.15) is 31.0 Å². The highest BCUT2D eigenvalue weighted by Gasteiger charge is 2.22. The van der Waals surface area contributed by atoms with E-state index in [1.54, 1.807) is 0 Å². The molecule has 1 saturated heterocycles. The Labute approximate surface area is 115 Å². The first-order valence-corrected chi connectivity index (χ1v) is 7.09. The molecule has 5 nitrogen and oxygen atoms in total. The van der Waals surface area contributed by atoms with E-state index >= 15 is 0 Å². The van der Waals surface area contributed by atoms with Crippen LogP contribution in [0.3, 0.4) is 0 Å². The van der Waals surface area contributed by atoms with Crippen molar-refractivity contribution < 1.29 is 4.74 Å². The molecule has 0 aromatic carbocycles. The van der Waals surface area contributed by atoms with Gasteiger partial charge in [-0.3, -0.25) is 4.68 Å². The van der Waals surface area contributed by atoms with Crippen molar-refractivity contribution in [3.05, 3.63) is 11.3 Å². The predicted molar refractivity (Wildman–Crippen MR) is 77.5 cm³/mol. The van der Waals surface area contributed by atoms with Gasteiger partial charge in [0.25, 0.3) is 0 Å². The van der Waals surface area contributed by atoms with Crippen LogP contribution in [-0.4, -0.2) is 42.1 Å². The van der Waals surface area contributed by atoms with Gasteiger partial charge < -0.3 is 15.4 Å². The summed E-state index contributed by atoms with van der Waals surface area (Å²) >= 11 is 0. The zero-order chi connectivity index (χ0) is 14.0. The van der Waals surface area contributed by atoms with Gasteiger partial charge in [-0.1, -0.05) is 0 Å². The highest BCUT2D eigenvalue weighted by Crippen LogP contribution is 2.25. The summed E-state index contributed by atoms with van der Waals surface area (Å²) in [6.07, 6.45) is 3.55. The quantitative estimate of drug-likeness (QED) is 0.871. The summed E-state index contributed by atoms with van der Waals surface area (Å²) in [6, 6.07) is 0.151. The molecule has 0 aliphatic carbocycles. The van der Waals surface area contributed by atoms with Crippen LogP contribution in [0.4, 0.5) is 5.82 Å². The van der Waals surface area contributed by atoms with Gasteiger partial charge in [-0.25, -0.2) is 0 Å². The van der Waals surface area contributed by atoms with Crippen molar-refractivity contribution in [2.45, 2.75) is 45.3 Å². The molecule has 1 aliphatic rings. The minimum absolute atomic E-state index is 0.151. The van der Waals surface area contributed by atoms with Gasteiger partial charge in [0, 0.05) is 38.9 Å². The second-order valence-corrected chi connectivity index (χ2v) is 5.71. The van der Waals surface area contributed by atoms with Crippen molar-refractivity contribution in [2.24, 2.45) is 12.8 Å². The molecule has 0 spiro atoms. The lowest BCUT2D eigenvalue weighted by atomic mass is 10.1. The van der Waals surface area contributed by atoms with Gasteiger partial charge in [-0.2, -0.15) is 5.10 Å². The number of aryl methyl sites for hydroxylation is 2. The molecule has 2 heterocycles. The van der Waals surface area contributed by atoms with Crippen molar-refractivity contribution in [2.75, 3.05) is 25.1 Å². The molecule has 0 bridgehead atoms. The van der Waals surface area contributed by atoms with E-state index in [4.69, 9.17) is 10.5 Å². The fourth-order valence-electron chi connectivity index (χ4n) is 2.91. The summed E-state index contributed by atoms with van der Waals surface area (Å²) < 4.78 is 7.68. The van der Waals surface area contributed by atoms with Crippen LogP contribution in [0, 0.1) is 6.92 Å². The third-order valence-electron chi connectivity index (χ3n) is 3.70. The van der Waals surface area contributed by atoms with Gasteiger partial charge in [0.15, 0.2) is 0 Å². The number of ether oxygens (including phenoxy) is 1. The van der Waals surface area contributed by atoms with E-state index in [0.717, 1.165) is 31.7 Å². The Morgan fingerprint density at radius 2 is 2.32 bits per heavy atom. The van der Waals surface area contributed by atoms with Crippen LogP contribution in [-0.2, 0) is 18.2 Å². The van der Waals surface area contributed by atoms with Crippen LogP contribution in [0.25, 0.3) is 0 Å². The molecule has 5 heteroatoms. The minimum Gasteiger partial charge on any atom is -0.376 e. The molecule has 0 amide bonds. The van der Waals surface area contributed by atoms with E-state index in [-0.39, 0.29) is 6.04 Å². The first-order valence-electron chi connectivity index (χ1n) is 7.09. The lowest BCUT2D eigenvalue weighted by Gasteiger charge is -2.24. The fraction of sp³-hybridized carbons (Fsp3) is 0.786. The molecule has 1 aliphatic heterocycles. The Kier molecular flexibility index (Phi) is 4.47. The first kappa shape index (κ1) is 14.3. The molecule has 19 heavy (non-hydrogen) atoms. The normalized spacial score (nSPS) is 20.8. The van der Waals surface area contributed by atoms with E-state index in [1.165, 1.54) is 17.8 Å².